The van der Waals surface area contributed by atoms with Crippen molar-refractivity contribution in [2.45, 2.75) is 6.92 Å². The van der Waals surface area contributed by atoms with Crippen LogP contribution in [0.15, 0.2) is 65.3 Å². The van der Waals surface area contributed by atoms with Gasteiger partial charge in [0.2, 0.25) is 6.79 Å². The predicted octanol–water partition coefficient (Wildman–Crippen LogP) is 5.03. The molecule has 5 nitrogen and oxygen atoms in total. The van der Waals surface area contributed by atoms with E-state index in [4.69, 9.17) is 21.1 Å². The zero-order valence-electron chi connectivity index (χ0n) is 15.0. The first kappa shape index (κ1) is 16.8. The molecular formula is C22H15ClN2O3. The van der Waals surface area contributed by atoms with Gasteiger partial charge in [-0.2, -0.15) is 10.1 Å². The van der Waals surface area contributed by atoms with Gasteiger partial charge in [-0.1, -0.05) is 41.9 Å². The van der Waals surface area contributed by atoms with E-state index in [0.29, 0.717) is 33.4 Å². The van der Waals surface area contributed by atoms with Crippen molar-refractivity contribution in [3.05, 3.63) is 70.8 Å². The maximum Gasteiger partial charge on any atom is 0.280 e. The minimum Gasteiger partial charge on any atom is -0.454 e. The van der Waals surface area contributed by atoms with E-state index in [1.54, 1.807) is 18.2 Å². The van der Waals surface area contributed by atoms with Crippen LogP contribution in [-0.2, 0) is 4.79 Å². The lowest BCUT2D eigenvalue weighted by atomic mass is 10.1. The summed E-state index contributed by atoms with van der Waals surface area (Å²) < 4.78 is 10.7. The van der Waals surface area contributed by atoms with E-state index in [1.807, 2.05) is 49.4 Å². The Balaban J connectivity index is 1.52. The van der Waals surface area contributed by atoms with E-state index in [-0.39, 0.29) is 12.7 Å². The average Bonchev–Trinajstić information content (AvgIpc) is 3.26. The first-order chi connectivity index (χ1) is 13.6. The van der Waals surface area contributed by atoms with E-state index in [9.17, 15) is 4.79 Å². The molecule has 0 aromatic heterocycles. The standard InChI is InChI=1S/C22H15ClN2O3/c1-13-18(9-16-10-20-21(11-19(16)23)28-12-27-20)22(26)25(24-13)17-7-6-14-4-2-3-5-15(14)8-17/h2-11H,12H2,1H3. The number of amides is 1. The third kappa shape index (κ3) is 2.72. The van der Waals surface area contributed by atoms with Gasteiger partial charge in [0.25, 0.3) is 5.91 Å². The Bertz CT molecular complexity index is 1200. The Kier molecular flexibility index (Phi) is 3.84. The second-order valence-corrected chi connectivity index (χ2v) is 7.03. The third-order valence-corrected chi connectivity index (χ3v) is 5.16. The van der Waals surface area contributed by atoms with Gasteiger partial charge in [-0.15, -0.1) is 0 Å². The number of carbonyl (C=O) groups is 1. The van der Waals surface area contributed by atoms with Crippen LogP contribution in [0.25, 0.3) is 16.8 Å². The molecule has 0 N–H and O–H groups in total. The number of fused-ring (bicyclic) bond motifs is 2. The van der Waals surface area contributed by atoms with E-state index >= 15 is 0 Å². The summed E-state index contributed by atoms with van der Waals surface area (Å²) >= 11 is 6.36. The summed E-state index contributed by atoms with van der Waals surface area (Å²) in [6.07, 6.45) is 1.74. The van der Waals surface area contributed by atoms with Crippen molar-refractivity contribution in [2.75, 3.05) is 11.8 Å². The van der Waals surface area contributed by atoms with Crippen molar-refractivity contribution in [2.24, 2.45) is 5.10 Å². The number of anilines is 1. The highest BCUT2D eigenvalue weighted by molar-refractivity contribution is 6.35. The van der Waals surface area contributed by atoms with E-state index in [0.717, 1.165) is 16.5 Å². The molecule has 2 heterocycles. The van der Waals surface area contributed by atoms with Crippen LogP contribution in [-0.4, -0.2) is 18.4 Å². The van der Waals surface area contributed by atoms with Crippen LogP contribution < -0.4 is 14.5 Å². The molecule has 1 amide bonds. The largest absolute Gasteiger partial charge is 0.454 e. The van der Waals surface area contributed by atoms with Crippen LogP contribution >= 0.6 is 11.6 Å². The normalized spacial score (nSPS) is 16.9. The van der Waals surface area contributed by atoms with Crippen molar-refractivity contribution < 1.29 is 14.3 Å². The monoisotopic (exact) mass is 390 g/mol. The number of nitrogens with zero attached hydrogens (tertiary/aromatic N) is 2. The lowest BCUT2D eigenvalue weighted by molar-refractivity contribution is -0.114. The number of hydrogen-bond donors (Lipinski definition) is 0. The van der Waals surface area contributed by atoms with Crippen LogP contribution in [0.2, 0.25) is 5.02 Å². The van der Waals surface area contributed by atoms with Gasteiger partial charge in [0.1, 0.15) is 0 Å². The van der Waals surface area contributed by atoms with Crippen LogP contribution in [0.5, 0.6) is 11.5 Å². The molecule has 0 fully saturated rings. The number of hydrogen-bond acceptors (Lipinski definition) is 4. The van der Waals surface area contributed by atoms with Crippen molar-refractivity contribution in [3.8, 4) is 11.5 Å². The van der Waals surface area contributed by atoms with E-state index in [1.165, 1.54) is 5.01 Å². The molecule has 0 bridgehead atoms. The van der Waals surface area contributed by atoms with Gasteiger partial charge in [0.05, 0.1) is 22.0 Å². The van der Waals surface area contributed by atoms with Crippen LogP contribution in [0.3, 0.4) is 0 Å². The highest BCUT2D eigenvalue weighted by Gasteiger charge is 2.29. The van der Waals surface area contributed by atoms with Crippen LogP contribution in [0.4, 0.5) is 5.69 Å². The molecule has 6 heteroatoms. The molecule has 0 radical (unpaired) electrons. The zero-order chi connectivity index (χ0) is 19.3. The lowest BCUT2D eigenvalue weighted by Gasteiger charge is -2.12. The fraction of sp³-hybridized carbons (Fsp3) is 0.0909. The molecule has 28 heavy (non-hydrogen) atoms. The fourth-order valence-corrected chi connectivity index (χ4v) is 3.57. The second kappa shape index (κ2) is 6.39. The van der Waals surface area contributed by atoms with Crippen molar-refractivity contribution in [1.29, 1.82) is 0 Å². The van der Waals surface area contributed by atoms with Gasteiger partial charge in [-0.05, 0) is 47.5 Å². The summed E-state index contributed by atoms with van der Waals surface area (Å²) in [6.45, 7) is 1.98. The first-order valence-electron chi connectivity index (χ1n) is 8.80. The molecule has 0 saturated heterocycles. The minimum atomic E-state index is -0.193. The summed E-state index contributed by atoms with van der Waals surface area (Å²) in [5.74, 6) is 1.03. The summed E-state index contributed by atoms with van der Waals surface area (Å²) in [4.78, 5) is 13.0. The highest BCUT2D eigenvalue weighted by Crippen LogP contribution is 2.38. The molecule has 0 unspecified atom stereocenters. The third-order valence-electron chi connectivity index (χ3n) is 4.83. The average molecular weight is 391 g/mol. The molecule has 138 valence electrons. The number of hydrazone groups is 1. The molecule has 3 aromatic rings. The summed E-state index contributed by atoms with van der Waals surface area (Å²) in [7, 11) is 0. The first-order valence-corrected chi connectivity index (χ1v) is 9.17. The Labute approximate surface area is 166 Å². The Morgan fingerprint density at radius 2 is 1.79 bits per heavy atom. The fourth-order valence-electron chi connectivity index (χ4n) is 3.37. The summed E-state index contributed by atoms with van der Waals surface area (Å²) in [5.41, 5.74) is 2.54. The number of carbonyl (C=O) groups excluding carboxylic acids is 1. The van der Waals surface area contributed by atoms with Crippen molar-refractivity contribution in [1.82, 2.24) is 0 Å². The number of benzene rings is 3. The molecule has 0 atom stereocenters. The molecule has 5 rings (SSSR count). The van der Waals surface area contributed by atoms with Crippen LogP contribution in [0, 0.1) is 0 Å². The van der Waals surface area contributed by atoms with E-state index < -0.39 is 0 Å². The molecule has 0 spiro atoms. The lowest BCUT2D eigenvalue weighted by Crippen LogP contribution is -2.21. The molecule has 0 aliphatic carbocycles. The van der Waals surface area contributed by atoms with Crippen LogP contribution in [0.1, 0.15) is 12.5 Å². The Morgan fingerprint density at radius 3 is 2.61 bits per heavy atom. The number of ether oxygens (including phenoxy) is 2. The number of rotatable bonds is 2. The number of halogens is 1. The van der Waals surface area contributed by atoms with Crippen molar-refractivity contribution in [3.63, 3.8) is 0 Å². The molecule has 2 aliphatic heterocycles. The molecule has 3 aromatic carbocycles. The van der Waals surface area contributed by atoms with Crippen molar-refractivity contribution >= 4 is 45.8 Å². The maximum absolute atomic E-state index is 13.0. The molecular weight excluding hydrogens is 376 g/mol. The SMILES string of the molecule is CC1=NN(c2ccc3ccccc3c2)C(=O)C1=Cc1cc2c(cc1Cl)OCO2. The molecule has 2 aliphatic rings. The maximum atomic E-state index is 13.0. The van der Waals surface area contributed by atoms with Gasteiger partial charge < -0.3 is 9.47 Å². The second-order valence-electron chi connectivity index (χ2n) is 6.62. The topological polar surface area (TPSA) is 51.1 Å². The quantitative estimate of drug-likeness (QED) is 0.577. The van der Waals surface area contributed by atoms with E-state index in [2.05, 4.69) is 5.10 Å². The van der Waals surface area contributed by atoms with Gasteiger partial charge in [0, 0.05) is 6.07 Å². The van der Waals surface area contributed by atoms with Gasteiger partial charge in [-0.3, -0.25) is 4.79 Å². The minimum absolute atomic E-state index is 0.168. The summed E-state index contributed by atoms with van der Waals surface area (Å²) in [5, 5.41) is 8.54. The Morgan fingerprint density at radius 1 is 1.04 bits per heavy atom. The molecule has 0 saturated carbocycles. The zero-order valence-corrected chi connectivity index (χ0v) is 15.7. The van der Waals surface area contributed by atoms with Gasteiger partial charge >= 0.3 is 0 Å². The predicted molar refractivity (Wildman–Crippen MR) is 110 cm³/mol. The smallest absolute Gasteiger partial charge is 0.280 e. The van der Waals surface area contributed by atoms with Gasteiger partial charge in [-0.25, -0.2) is 0 Å². The highest BCUT2D eigenvalue weighted by atomic mass is 35.5. The van der Waals surface area contributed by atoms with Gasteiger partial charge in [0.15, 0.2) is 11.5 Å². The summed E-state index contributed by atoms with van der Waals surface area (Å²) in [6, 6.07) is 17.3. The Hall–Kier alpha value is -3.31.